The van der Waals surface area contributed by atoms with Crippen molar-refractivity contribution in [1.29, 1.82) is 0 Å². The van der Waals surface area contributed by atoms with E-state index in [1.54, 1.807) is 0 Å². The smallest absolute Gasteiger partial charge is 2.00 e. The van der Waals surface area contributed by atoms with Crippen molar-refractivity contribution in [1.82, 2.24) is 0 Å². The van der Waals surface area contributed by atoms with Gasteiger partial charge < -0.3 is 11.0 Å². The summed E-state index contributed by atoms with van der Waals surface area (Å²) in [7, 11) is 0. The maximum atomic E-state index is 3.17. The van der Waals surface area contributed by atoms with Gasteiger partial charge in [-0.05, 0) is 0 Å². The quantitative estimate of drug-likeness (QED) is 0.566. The largest absolute Gasteiger partial charge is 2.00 e. The van der Waals surface area contributed by atoms with E-state index in [0.29, 0.717) is 0 Å². The van der Waals surface area contributed by atoms with Crippen molar-refractivity contribution in [3.05, 3.63) is 70.8 Å². The summed E-state index contributed by atoms with van der Waals surface area (Å²) in [6.07, 6.45) is 0. The van der Waals surface area contributed by atoms with E-state index in [9.17, 15) is 0 Å². The van der Waals surface area contributed by atoms with Gasteiger partial charge in [-0.2, -0.15) is 70.8 Å². The zero-order chi connectivity index (χ0) is 12.0. The third-order valence-electron chi connectivity index (χ3n) is 2.17. The van der Waals surface area contributed by atoms with Gasteiger partial charge in [0.1, 0.15) is 0 Å². The summed E-state index contributed by atoms with van der Waals surface area (Å²) in [4.78, 5) is 0. The predicted molar refractivity (Wildman–Crippen MR) is 70.9 cm³/mol. The molecule has 2 rings (SSSR count). The van der Waals surface area contributed by atoms with Crippen LogP contribution in [0.4, 0.5) is 0 Å². The van der Waals surface area contributed by atoms with Crippen molar-refractivity contribution in [2.45, 2.75) is 27.7 Å². The van der Waals surface area contributed by atoms with Gasteiger partial charge in [-0.3, -0.25) is 0 Å². The first-order valence-corrected chi connectivity index (χ1v) is 5.49. The van der Waals surface area contributed by atoms with E-state index in [2.05, 4.69) is 12.1 Å². The first-order valence-electron chi connectivity index (χ1n) is 5.49. The van der Waals surface area contributed by atoms with Crippen molar-refractivity contribution in [2.24, 2.45) is 0 Å². The van der Waals surface area contributed by atoms with Crippen LogP contribution in [0, 0.1) is 39.8 Å². The van der Waals surface area contributed by atoms with Crippen molar-refractivity contribution < 1.29 is 30.7 Å². The standard InChI is InChI=1S/2C8H9.2O.Os/c2*1-7-4-3-5-8(2)6-7;;;/h2*3-5H,1-2H3;;;/q2*-1;2*-2;+2. The first-order chi connectivity index (χ1) is 7.58. The zero-order valence-corrected chi connectivity index (χ0v) is 14.2. The molecule has 0 bridgehead atoms. The summed E-state index contributed by atoms with van der Waals surface area (Å²) >= 11 is 0. The van der Waals surface area contributed by atoms with Crippen LogP contribution < -0.4 is 0 Å². The van der Waals surface area contributed by atoms with Crippen LogP contribution >= 0.6 is 0 Å². The second kappa shape index (κ2) is 12.1. The van der Waals surface area contributed by atoms with Crippen molar-refractivity contribution in [3.63, 3.8) is 0 Å². The van der Waals surface area contributed by atoms with Crippen LogP contribution in [0.1, 0.15) is 22.3 Å². The molecular formula is C16H18O2Os-4. The van der Waals surface area contributed by atoms with Gasteiger partial charge in [-0.25, -0.2) is 0 Å². The number of benzene rings is 2. The van der Waals surface area contributed by atoms with Crippen molar-refractivity contribution in [3.8, 4) is 0 Å². The molecule has 0 spiro atoms. The summed E-state index contributed by atoms with van der Waals surface area (Å²) in [5, 5.41) is 0. The van der Waals surface area contributed by atoms with Gasteiger partial charge in [0.15, 0.2) is 0 Å². The number of aryl methyl sites for hydroxylation is 4. The van der Waals surface area contributed by atoms with E-state index < -0.39 is 0 Å². The first kappa shape index (κ1) is 23.1. The monoisotopic (exact) mass is 434 g/mol. The molecule has 0 amide bonds. The van der Waals surface area contributed by atoms with Gasteiger partial charge in [0.2, 0.25) is 0 Å². The third-order valence-corrected chi connectivity index (χ3v) is 2.17. The topological polar surface area (TPSA) is 57.0 Å². The Morgan fingerprint density at radius 3 is 0.895 bits per heavy atom. The van der Waals surface area contributed by atoms with E-state index in [0.717, 1.165) is 0 Å². The Morgan fingerprint density at radius 2 is 0.789 bits per heavy atom. The molecule has 0 heterocycles. The molecule has 0 saturated heterocycles. The Morgan fingerprint density at radius 1 is 0.579 bits per heavy atom. The minimum absolute atomic E-state index is 0. The number of hydrogen-bond donors (Lipinski definition) is 0. The Labute approximate surface area is 129 Å². The molecule has 0 unspecified atom stereocenters. The molecule has 106 valence electrons. The van der Waals surface area contributed by atoms with E-state index >= 15 is 0 Å². The molecule has 0 saturated carbocycles. The summed E-state index contributed by atoms with van der Waals surface area (Å²) in [5.74, 6) is 0. The summed E-state index contributed by atoms with van der Waals surface area (Å²) in [6.45, 7) is 8.19. The predicted octanol–water partition coefficient (Wildman–Crippen LogP) is 3.97. The van der Waals surface area contributed by atoms with Crippen LogP contribution in [0.3, 0.4) is 0 Å². The van der Waals surface area contributed by atoms with Gasteiger partial charge >= 0.3 is 19.8 Å². The van der Waals surface area contributed by atoms with E-state index in [-0.39, 0.29) is 30.7 Å². The molecule has 19 heavy (non-hydrogen) atoms. The Bertz CT molecular complexity index is 378. The molecule has 0 radical (unpaired) electrons. The molecule has 0 atom stereocenters. The average Bonchev–Trinajstić information content (AvgIpc) is 2.17. The summed E-state index contributed by atoms with van der Waals surface area (Å²) < 4.78 is 0. The molecule has 0 aromatic heterocycles. The molecule has 2 aromatic carbocycles. The molecule has 0 N–H and O–H groups in total. The van der Waals surface area contributed by atoms with Gasteiger partial charge in [0.25, 0.3) is 0 Å². The second-order valence-corrected chi connectivity index (χ2v) is 4.03. The fourth-order valence-corrected chi connectivity index (χ4v) is 1.46. The minimum atomic E-state index is 0. The normalized spacial score (nSPS) is 7.79. The Balaban J connectivity index is -0.000000233. The van der Waals surface area contributed by atoms with Crippen molar-refractivity contribution >= 4 is 0 Å². The molecule has 0 aliphatic rings. The van der Waals surface area contributed by atoms with Crippen LogP contribution in [-0.4, -0.2) is 0 Å². The van der Waals surface area contributed by atoms with Crippen LogP contribution in [0.5, 0.6) is 0 Å². The average molecular weight is 433 g/mol. The molecule has 2 nitrogen and oxygen atoms in total. The van der Waals surface area contributed by atoms with E-state index in [1.807, 2.05) is 64.1 Å². The van der Waals surface area contributed by atoms with Crippen LogP contribution in [0.15, 0.2) is 36.4 Å². The molecule has 0 fully saturated rings. The minimum Gasteiger partial charge on any atom is -2.00 e. The zero-order valence-electron chi connectivity index (χ0n) is 11.6. The van der Waals surface area contributed by atoms with Crippen LogP contribution in [0.25, 0.3) is 0 Å². The van der Waals surface area contributed by atoms with Gasteiger partial charge in [0.05, 0.1) is 0 Å². The number of rotatable bonds is 0. The van der Waals surface area contributed by atoms with Crippen LogP contribution in [-0.2, 0) is 30.7 Å². The maximum Gasteiger partial charge on any atom is 2.00 e. The molecule has 0 aliphatic heterocycles. The summed E-state index contributed by atoms with van der Waals surface area (Å²) in [5.41, 5.74) is 4.85. The van der Waals surface area contributed by atoms with Gasteiger partial charge in [-0.15, -0.1) is 0 Å². The summed E-state index contributed by atoms with van der Waals surface area (Å²) in [6, 6.07) is 18.6. The Kier molecular flexibility index (Phi) is 14.7. The SMILES string of the molecule is Cc1[c-]c(C)ccc1.Cc1[c-]c(C)ccc1.[O-2].[O-2].[Os+2]. The fraction of sp³-hybridized carbons (Fsp3) is 0.250. The molecule has 3 heteroatoms. The maximum absolute atomic E-state index is 3.17. The molecule has 2 aromatic rings. The van der Waals surface area contributed by atoms with Gasteiger partial charge in [-0.1, -0.05) is 27.7 Å². The van der Waals surface area contributed by atoms with Gasteiger partial charge in [0, 0.05) is 0 Å². The van der Waals surface area contributed by atoms with E-state index in [1.165, 1.54) is 22.3 Å². The van der Waals surface area contributed by atoms with Crippen molar-refractivity contribution in [2.75, 3.05) is 0 Å². The second-order valence-electron chi connectivity index (χ2n) is 4.03. The fourth-order valence-electron chi connectivity index (χ4n) is 1.46. The molecule has 0 aliphatic carbocycles. The van der Waals surface area contributed by atoms with E-state index in [4.69, 9.17) is 0 Å². The Hall–Kier alpha value is -1.00. The third kappa shape index (κ3) is 10.6. The molecular weight excluding hydrogens is 414 g/mol. The van der Waals surface area contributed by atoms with Crippen LogP contribution in [0.2, 0.25) is 0 Å². The number of hydrogen-bond acceptors (Lipinski definition) is 0.